The van der Waals surface area contributed by atoms with E-state index in [2.05, 4.69) is 15.6 Å². The first kappa shape index (κ1) is 16.3. The summed E-state index contributed by atoms with van der Waals surface area (Å²) >= 11 is 6.11. The van der Waals surface area contributed by atoms with Gasteiger partial charge in [-0.15, -0.1) is 0 Å². The molecule has 0 aliphatic rings. The Morgan fingerprint density at radius 2 is 2.17 bits per heavy atom. The van der Waals surface area contributed by atoms with E-state index in [1.165, 1.54) is 37.6 Å². The predicted octanol–water partition coefficient (Wildman–Crippen LogP) is 1.86. The van der Waals surface area contributed by atoms with Crippen molar-refractivity contribution in [1.29, 1.82) is 10.7 Å². The Labute approximate surface area is 137 Å². The maximum absolute atomic E-state index is 12.4. The molecule has 4 N–H and O–H groups in total. The van der Waals surface area contributed by atoms with E-state index >= 15 is 0 Å². The van der Waals surface area contributed by atoms with Crippen LogP contribution in [0.5, 0.6) is 5.75 Å². The second-order valence-corrected chi connectivity index (χ2v) is 4.84. The Morgan fingerprint density at radius 1 is 1.43 bits per heavy atom. The number of rotatable bonds is 2. The molecule has 7 nitrogen and oxygen atoms in total. The Balaban J connectivity index is 2.72. The number of hydrogen-bond donors (Lipinski definition) is 4. The second kappa shape index (κ2) is 6.77. The topological polar surface area (TPSA) is 122 Å². The minimum absolute atomic E-state index is 0.142. The minimum atomic E-state index is -0.734. The van der Waals surface area contributed by atoms with Crippen molar-refractivity contribution in [2.24, 2.45) is 0 Å². The van der Waals surface area contributed by atoms with Crippen molar-refractivity contribution in [3.63, 3.8) is 0 Å². The molecule has 2 aromatic rings. The van der Waals surface area contributed by atoms with E-state index in [0.29, 0.717) is 5.56 Å². The van der Waals surface area contributed by atoms with E-state index in [9.17, 15) is 15.2 Å². The highest BCUT2D eigenvalue weighted by Crippen LogP contribution is 2.36. The highest BCUT2D eigenvalue weighted by Gasteiger charge is 2.23. The molecule has 1 aromatic heterocycles. The molecule has 23 heavy (non-hydrogen) atoms. The number of phenolic OH excluding ortho intramolecular Hbond substituents is 1. The summed E-state index contributed by atoms with van der Waals surface area (Å²) < 4.78 is 0. The van der Waals surface area contributed by atoms with Crippen LogP contribution in [0.1, 0.15) is 15.9 Å². The van der Waals surface area contributed by atoms with Gasteiger partial charge >= 0.3 is 0 Å². The van der Waals surface area contributed by atoms with Crippen molar-refractivity contribution in [3.8, 4) is 22.9 Å². The molecule has 1 aromatic carbocycles. The lowest BCUT2D eigenvalue weighted by Crippen LogP contribution is -2.38. The number of halogens is 1. The molecule has 2 rings (SSSR count). The highest BCUT2D eigenvalue weighted by molar-refractivity contribution is 6.33. The fraction of sp³-hybridized carbons (Fsp3) is 0.0667. The summed E-state index contributed by atoms with van der Waals surface area (Å²) in [5, 5.41) is 31.9. The number of hydrogen-bond acceptors (Lipinski definition) is 5. The molecule has 0 atom stereocenters. The standard InChI is InChI=1S/C15H12ClN5O2/c1-19-15(18)21-14(23)13-11(22)3-2-8(6-17)12(13)9-4-5-20-7-10(9)16/h2-5,7,22H,1H3,(H3,18,19,21,23). The third-order valence-corrected chi connectivity index (χ3v) is 3.36. The van der Waals surface area contributed by atoms with Crippen LogP contribution < -0.4 is 10.6 Å². The lowest BCUT2D eigenvalue weighted by atomic mass is 9.94. The number of aromatic nitrogens is 1. The van der Waals surface area contributed by atoms with Crippen molar-refractivity contribution in [2.45, 2.75) is 0 Å². The smallest absolute Gasteiger partial charge is 0.262 e. The van der Waals surface area contributed by atoms with Crippen molar-refractivity contribution >= 4 is 23.5 Å². The quantitative estimate of drug-likeness (QED) is 0.495. The molecule has 0 saturated heterocycles. The summed E-state index contributed by atoms with van der Waals surface area (Å²) in [5.74, 6) is -1.31. The molecular weight excluding hydrogens is 318 g/mol. The number of nitriles is 1. The number of carbonyl (C=O) groups excluding carboxylic acids is 1. The molecule has 0 fully saturated rings. The predicted molar refractivity (Wildman–Crippen MR) is 85.3 cm³/mol. The number of nitrogens with zero attached hydrogens (tertiary/aromatic N) is 2. The third-order valence-electron chi connectivity index (χ3n) is 3.06. The lowest BCUT2D eigenvalue weighted by molar-refractivity contribution is 0.0974. The second-order valence-electron chi connectivity index (χ2n) is 4.43. The number of carbonyl (C=O) groups is 1. The molecule has 1 heterocycles. The maximum Gasteiger partial charge on any atom is 0.262 e. The maximum atomic E-state index is 12.4. The number of benzene rings is 1. The van der Waals surface area contributed by atoms with Gasteiger partial charge in [0.25, 0.3) is 5.91 Å². The van der Waals surface area contributed by atoms with E-state index in [1.807, 2.05) is 6.07 Å². The largest absolute Gasteiger partial charge is 0.507 e. The average Bonchev–Trinajstić information content (AvgIpc) is 2.54. The normalized spacial score (nSPS) is 9.78. The molecule has 0 saturated carbocycles. The van der Waals surface area contributed by atoms with Crippen molar-refractivity contribution in [3.05, 3.63) is 46.7 Å². The first-order valence-electron chi connectivity index (χ1n) is 6.43. The van der Waals surface area contributed by atoms with Gasteiger partial charge in [-0.1, -0.05) is 11.6 Å². The van der Waals surface area contributed by atoms with Gasteiger partial charge in [-0.3, -0.25) is 20.5 Å². The molecule has 0 radical (unpaired) electrons. The number of nitrogens with one attached hydrogen (secondary N) is 3. The molecule has 0 unspecified atom stereocenters. The van der Waals surface area contributed by atoms with Gasteiger partial charge in [0.15, 0.2) is 5.96 Å². The van der Waals surface area contributed by atoms with Crippen LogP contribution in [0, 0.1) is 16.7 Å². The summed E-state index contributed by atoms with van der Waals surface area (Å²) in [6.07, 6.45) is 2.84. The van der Waals surface area contributed by atoms with Crippen LogP contribution in [0.3, 0.4) is 0 Å². The van der Waals surface area contributed by atoms with Crippen LogP contribution in [0.15, 0.2) is 30.6 Å². The van der Waals surface area contributed by atoms with E-state index in [1.54, 1.807) is 0 Å². The zero-order chi connectivity index (χ0) is 17.0. The fourth-order valence-electron chi connectivity index (χ4n) is 2.01. The van der Waals surface area contributed by atoms with Gasteiger partial charge in [-0.05, 0) is 18.2 Å². The molecule has 0 aliphatic carbocycles. The summed E-state index contributed by atoms with van der Waals surface area (Å²) in [6, 6.07) is 6.15. The van der Waals surface area contributed by atoms with E-state index in [4.69, 9.17) is 17.0 Å². The summed E-state index contributed by atoms with van der Waals surface area (Å²) in [4.78, 5) is 16.3. The van der Waals surface area contributed by atoms with Gasteiger partial charge in [0, 0.05) is 30.6 Å². The fourth-order valence-corrected chi connectivity index (χ4v) is 2.22. The van der Waals surface area contributed by atoms with E-state index < -0.39 is 5.91 Å². The molecule has 1 amide bonds. The van der Waals surface area contributed by atoms with Crippen LogP contribution in [0.4, 0.5) is 0 Å². The van der Waals surface area contributed by atoms with Crippen molar-refractivity contribution in [2.75, 3.05) is 7.05 Å². The minimum Gasteiger partial charge on any atom is -0.507 e. The van der Waals surface area contributed by atoms with Crippen molar-refractivity contribution in [1.82, 2.24) is 15.6 Å². The highest BCUT2D eigenvalue weighted by atomic mass is 35.5. The summed E-state index contributed by atoms with van der Waals surface area (Å²) in [6.45, 7) is 0. The van der Waals surface area contributed by atoms with Crippen LogP contribution in [0.25, 0.3) is 11.1 Å². The van der Waals surface area contributed by atoms with E-state index in [-0.39, 0.29) is 33.4 Å². The van der Waals surface area contributed by atoms with Gasteiger partial charge in [-0.2, -0.15) is 5.26 Å². The summed E-state index contributed by atoms with van der Waals surface area (Å²) in [7, 11) is 1.47. The lowest BCUT2D eigenvalue weighted by Gasteiger charge is -2.14. The van der Waals surface area contributed by atoms with Crippen molar-refractivity contribution < 1.29 is 9.90 Å². The Bertz CT molecular complexity index is 829. The van der Waals surface area contributed by atoms with Crippen LogP contribution in [-0.4, -0.2) is 29.0 Å². The zero-order valence-electron chi connectivity index (χ0n) is 12.0. The first-order valence-corrected chi connectivity index (χ1v) is 6.81. The summed E-state index contributed by atoms with van der Waals surface area (Å²) in [5.41, 5.74) is 0.589. The van der Waals surface area contributed by atoms with Gasteiger partial charge in [0.1, 0.15) is 5.75 Å². The Kier molecular flexibility index (Phi) is 4.79. The monoisotopic (exact) mass is 329 g/mol. The number of aromatic hydroxyl groups is 1. The van der Waals surface area contributed by atoms with Gasteiger partial charge < -0.3 is 10.4 Å². The van der Waals surface area contributed by atoms with Crippen LogP contribution in [0.2, 0.25) is 5.02 Å². The van der Waals surface area contributed by atoms with Gasteiger partial charge in [0.05, 0.1) is 22.2 Å². The number of phenols is 1. The zero-order valence-corrected chi connectivity index (χ0v) is 12.8. The molecule has 116 valence electrons. The first-order chi connectivity index (χ1) is 11.0. The molecule has 8 heteroatoms. The van der Waals surface area contributed by atoms with Crippen LogP contribution in [-0.2, 0) is 0 Å². The number of pyridine rings is 1. The average molecular weight is 330 g/mol. The molecule has 0 aliphatic heterocycles. The van der Waals surface area contributed by atoms with Gasteiger partial charge in [0.2, 0.25) is 0 Å². The van der Waals surface area contributed by atoms with E-state index in [0.717, 1.165) is 0 Å². The Hall–Kier alpha value is -3.11. The number of amides is 1. The molecule has 0 spiro atoms. The molecule has 0 bridgehead atoms. The van der Waals surface area contributed by atoms with Gasteiger partial charge in [-0.25, -0.2) is 0 Å². The third kappa shape index (κ3) is 3.22. The number of guanidine groups is 1. The van der Waals surface area contributed by atoms with Crippen LogP contribution >= 0.6 is 11.6 Å². The molecular formula is C15H12ClN5O2. The SMILES string of the molecule is CNC(=N)NC(=O)c1c(O)ccc(C#N)c1-c1ccncc1Cl. The Morgan fingerprint density at radius 3 is 2.78 bits per heavy atom.